The summed E-state index contributed by atoms with van der Waals surface area (Å²) in [5.74, 6) is 3.20. The van der Waals surface area contributed by atoms with Crippen LogP contribution in [0.1, 0.15) is 23.0 Å². The van der Waals surface area contributed by atoms with Crippen LogP contribution < -0.4 is 4.90 Å². The van der Waals surface area contributed by atoms with Crippen molar-refractivity contribution >= 4 is 23.9 Å². The summed E-state index contributed by atoms with van der Waals surface area (Å²) < 4.78 is 1.82. The largest absolute Gasteiger partial charge is 0.352 e. The molecule has 1 fully saturated rings. The second-order valence-corrected chi connectivity index (χ2v) is 5.33. The molecule has 1 aliphatic rings. The molecule has 1 aromatic heterocycles. The van der Waals surface area contributed by atoms with Crippen LogP contribution >= 0.6 is 11.8 Å². The molecule has 1 unspecified atom stereocenters. The van der Waals surface area contributed by atoms with E-state index in [0.717, 1.165) is 41.4 Å². The van der Waals surface area contributed by atoms with Gasteiger partial charge >= 0.3 is 0 Å². The molecule has 88 valence electrons. The molecule has 1 saturated heterocycles. The van der Waals surface area contributed by atoms with E-state index < -0.39 is 0 Å². The zero-order valence-corrected chi connectivity index (χ0v) is 10.8. The molecular weight excluding hydrogens is 222 g/mol. The minimum Gasteiger partial charge on any atom is -0.352 e. The lowest BCUT2D eigenvalue weighted by molar-refractivity contribution is 0.112. The van der Waals surface area contributed by atoms with Crippen molar-refractivity contribution < 1.29 is 4.79 Å². The van der Waals surface area contributed by atoms with Crippen molar-refractivity contribution in [2.45, 2.75) is 19.9 Å². The highest BCUT2D eigenvalue weighted by molar-refractivity contribution is 7.99. The molecule has 1 aromatic rings. The summed E-state index contributed by atoms with van der Waals surface area (Å²) in [7, 11) is 1.91. The summed E-state index contributed by atoms with van der Waals surface area (Å²) in [5.41, 5.74) is 1.55. The van der Waals surface area contributed by atoms with Gasteiger partial charge in [0.25, 0.3) is 0 Å². The van der Waals surface area contributed by atoms with Crippen molar-refractivity contribution in [2.75, 3.05) is 23.0 Å². The molecule has 0 radical (unpaired) electrons. The van der Waals surface area contributed by atoms with Crippen LogP contribution in [0.5, 0.6) is 0 Å². The van der Waals surface area contributed by atoms with Gasteiger partial charge in [0.1, 0.15) is 5.82 Å². The first-order valence-corrected chi connectivity index (χ1v) is 6.63. The van der Waals surface area contributed by atoms with Crippen LogP contribution in [0.25, 0.3) is 0 Å². The van der Waals surface area contributed by atoms with E-state index >= 15 is 0 Å². The average Bonchev–Trinajstić information content (AvgIpc) is 2.54. The Kier molecular flexibility index (Phi) is 3.23. The maximum absolute atomic E-state index is 11.1. The molecular formula is C11H17N3OS. The number of anilines is 1. The number of hydrogen-bond acceptors (Lipinski definition) is 4. The highest BCUT2D eigenvalue weighted by Gasteiger charge is 2.25. The summed E-state index contributed by atoms with van der Waals surface area (Å²) in [5, 5.41) is 4.33. The van der Waals surface area contributed by atoms with Crippen molar-refractivity contribution in [1.82, 2.24) is 9.78 Å². The number of aldehydes is 1. The number of carbonyl (C=O) groups is 1. The minimum absolute atomic E-state index is 0.465. The van der Waals surface area contributed by atoms with Crippen LogP contribution in [-0.2, 0) is 7.05 Å². The molecule has 0 aliphatic carbocycles. The standard InChI is InChI=1S/C11H17N3OS/c1-8-7-16-5-4-14(8)11-10(6-15)9(2)12-13(11)3/h6,8H,4-5,7H2,1-3H3. The number of aryl methyl sites for hydroxylation is 2. The van der Waals surface area contributed by atoms with Crippen LogP contribution in [0.3, 0.4) is 0 Å². The zero-order valence-electron chi connectivity index (χ0n) is 9.93. The lowest BCUT2D eigenvalue weighted by Gasteiger charge is -2.35. The van der Waals surface area contributed by atoms with E-state index in [-0.39, 0.29) is 0 Å². The van der Waals surface area contributed by atoms with E-state index in [2.05, 4.69) is 16.9 Å². The third-order valence-corrected chi connectivity index (χ3v) is 4.18. The fourth-order valence-corrected chi connectivity index (χ4v) is 3.20. The molecule has 2 heterocycles. The Morgan fingerprint density at radius 2 is 2.31 bits per heavy atom. The number of nitrogens with zero attached hydrogens (tertiary/aromatic N) is 3. The third-order valence-electron chi connectivity index (χ3n) is 2.99. The van der Waals surface area contributed by atoms with Gasteiger partial charge in [0.15, 0.2) is 6.29 Å². The maximum Gasteiger partial charge on any atom is 0.155 e. The van der Waals surface area contributed by atoms with Gasteiger partial charge in [-0.3, -0.25) is 9.48 Å². The van der Waals surface area contributed by atoms with Gasteiger partial charge in [-0.1, -0.05) is 0 Å². The summed E-state index contributed by atoms with van der Waals surface area (Å²) >= 11 is 1.97. The van der Waals surface area contributed by atoms with Crippen molar-refractivity contribution in [3.63, 3.8) is 0 Å². The van der Waals surface area contributed by atoms with Crippen LogP contribution in [0.2, 0.25) is 0 Å². The lowest BCUT2D eigenvalue weighted by atomic mass is 10.2. The molecule has 16 heavy (non-hydrogen) atoms. The zero-order chi connectivity index (χ0) is 11.7. The second kappa shape index (κ2) is 4.49. The van der Waals surface area contributed by atoms with Gasteiger partial charge in [0, 0.05) is 31.1 Å². The first-order valence-electron chi connectivity index (χ1n) is 5.48. The second-order valence-electron chi connectivity index (χ2n) is 4.18. The SMILES string of the molecule is Cc1nn(C)c(N2CCSCC2C)c1C=O. The molecule has 0 aromatic carbocycles. The van der Waals surface area contributed by atoms with Crippen molar-refractivity contribution in [2.24, 2.45) is 7.05 Å². The number of hydrogen-bond donors (Lipinski definition) is 0. The van der Waals surface area contributed by atoms with Crippen molar-refractivity contribution in [3.8, 4) is 0 Å². The first-order chi connectivity index (χ1) is 7.65. The number of rotatable bonds is 2. The smallest absolute Gasteiger partial charge is 0.155 e. The monoisotopic (exact) mass is 239 g/mol. The number of aromatic nitrogens is 2. The van der Waals surface area contributed by atoms with E-state index in [1.165, 1.54) is 0 Å². The fourth-order valence-electron chi connectivity index (χ4n) is 2.18. The van der Waals surface area contributed by atoms with Gasteiger partial charge in [0.05, 0.1) is 11.3 Å². The van der Waals surface area contributed by atoms with Gasteiger partial charge in [-0.25, -0.2) is 0 Å². The molecule has 5 heteroatoms. The molecule has 1 aliphatic heterocycles. The molecule has 0 amide bonds. The number of thioether (sulfide) groups is 1. The molecule has 2 rings (SSSR count). The topological polar surface area (TPSA) is 38.1 Å². The van der Waals surface area contributed by atoms with Crippen molar-refractivity contribution in [1.29, 1.82) is 0 Å². The third kappa shape index (κ3) is 1.84. The maximum atomic E-state index is 11.1. The lowest BCUT2D eigenvalue weighted by Crippen LogP contribution is -2.42. The van der Waals surface area contributed by atoms with Crippen LogP contribution in [-0.4, -0.2) is 40.2 Å². The molecule has 0 bridgehead atoms. The highest BCUT2D eigenvalue weighted by atomic mass is 32.2. The Hall–Kier alpha value is -0.970. The molecule has 0 N–H and O–H groups in total. The Balaban J connectivity index is 2.41. The Morgan fingerprint density at radius 1 is 1.56 bits per heavy atom. The van der Waals surface area contributed by atoms with E-state index in [9.17, 15) is 4.79 Å². The van der Waals surface area contributed by atoms with Crippen LogP contribution in [0, 0.1) is 6.92 Å². The minimum atomic E-state index is 0.465. The number of carbonyl (C=O) groups excluding carboxylic acids is 1. The molecule has 0 saturated carbocycles. The summed E-state index contributed by atoms with van der Waals surface area (Å²) in [6.45, 7) is 5.07. The predicted molar refractivity (Wildman–Crippen MR) is 67.5 cm³/mol. The van der Waals surface area contributed by atoms with Gasteiger partial charge in [0.2, 0.25) is 0 Å². The fraction of sp³-hybridized carbons (Fsp3) is 0.636. The van der Waals surface area contributed by atoms with E-state index in [0.29, 0.717) is 6.04 Å². The van der Waals surface area contributed by atoms with Gasteiger partial charge in [-0.2, -0.15) is 16.9 Å². The van der Waals surface area contributed by atoms with Crippen molar-refractivity contribution in [3.05, 3.63) is 11.3 Å². The Labute approximate surface area is 100.0 Å². The van der Waals surface area contributed by atoms with Crippen LogP contribution in [0.4, 0.5) is 5.82 Å². The van der Waals surface area contributed by atoms with E-state index in [1.54, 1.807) is 0 Å². The summed E-state index contributed by atoms with van der Waals surface area (Å²) in [6.07, 6.45) is 0.923. The molecule has 4 nitrogen and oxygen atoms in total. The normalized spacial score (nSPS) is 21.2. The first kappa shape index (κ1) is 11.5. The van der Waals surface area contributed by atoms with Gasteiger partial charge in [-0.05, 0) is 13.8 Å². The molecule has 1 atom stereocenters. The van der Waals surface area contributed by atoms with Crippen LogP contribution in [0.15, 0.2) is 0 Å². The Morgan fingerprint density at radius 3 is 2.94 bits per heavy atom. The van der Waals surface area contributed by atoms with E-state index in [4.69, 9.17) is 0 Å². The van der Waals surface area contributed by atoms with Gasteiger partial charge in [-0.15, -0.1) is 0 Å². The molecule has 0 spiro atoms. The average molecular weight is 239 g/mol. The van der Waals surface area contributed by atoms with Gasteiger partial charge < -0.3 is 4.90 Å². The Bertz CT molecular complexity index is 402. The highest BCUT2D eigenvalue weighted by Crippen LogP contribution is 2.27. The quantitative estimate of drug-likeness (QED) is 0.733. The van der Waals surface area contributed by atoms with E-state index in [1.807, 2.05) is 30.4 Å². The summed E-state index contributed by atoms with van der Waals surface area (Å²) in [4.78, 5) is 13.4. The summed E-state index contributed by atoms with van der Waals surface area (Å²) in [6, 6.07) is 0.465. The predicted octanol–water partition coefficient (Wildman–Crippen LogP) is 1.48.